The summed E-state index contributed by atoms with van der Waals surface area (Å²) in [6.07, 6.45) is 0. The van der Waals surface area contributed by atoms with Gasteiger partial charge >= 0.3 is 24.4 Å². The van der Waals surface area contributed by atoms with Crippen LogP contribution in [0.1, 0.15) is 0 Å². The lowest BCUT2D eigenvalue weighted by Crippen LogP contribution is -2.68. The first kappa shape index (κ1) is 35.3. The van der Waals surface area contributed by atoms with Crippen LogP contribution in [0.4, 0.5) is 26.3 Å². The molecular formula is C5H7Cl4F6N5O10S5. The number of hydrogen-bond acceptors (Lipinski definition) is 10. The Balaban J connectivity index is 7.42. The summed E-state index contributed by atoms with van der Waals surface area (Å²) in [5, 5.41) is 0. The van der Waals surface area contributed by atoms with Crippen LogP contribution in [0, 0.1) is 0 Å². The van der Waals surface area contributed by atoms with Gasteiger partial charge in [-0.05, 0) is 9.05 Å². The van der Waals surface area contributed by atoms with Crippen LogP contribution in [-0.2, 0) is 50.1 Å². The van der Waals surface area contributed by atoms with Gasteiger partial charge in [0.1, 0.15) is 0 Å². The Hall–Kier alpha value is 0.290. The van der Waals surface area contributed by atoms with Crippen molar-refractivity contribution in [3.8, 4) is 0 Å². The molecule has 0 aliphatic carbocycles. The van der Waals surface area contributed by atoms with E-state index in [1.54, 1.807) is 0 Å². The fraction of sp³-hybridized carbons (Fsp3) is 1.00. The van der Waals surface area contributed by atoms with E-state index >= 15 is 0 Å². The minimum absolute atomic E-state index is 0.101. The van der Waals surface area contributed by atoms with Crippen molar-refractivity contribution in [3.05, 3.63) is 0 Å². The van der Waals surface area contributed by atoms with Crippen LogP contribution in [0.3, 0.4) is 0 Å². The third-order valence-electron chi connectivity index (χ3n) is 2.55. The van der Waals surface area contributed by atoms with Crippen molar-refractivity contribution in [2.45, 2.75) is 19.2 Å². The summed E-state index contributed by atoms with van der Waals surface area (Å²) >= 11 is 19.9. The molecule has 1 atom stereocenters. The third-order valence-corrected chi connectivity index (χ3v) is 11.2. The second kappa shape index (κ2) is 11.2. The number of sulfonamides is 5. The van der Waals surface area contributed by atoms with E-state index in [0.717, 1.165) is 0 Å². The van der Waals surface area contributed by atoms with E-state index in [9.17, 15) is 68.4 Å². The Kier molecular flexibility index (Phi) is 11.3. The Bertz CT molecular complexity index is 1310. The first-order valence-corrected chi connectivity index (χ1v) is 16.0. The van der Waals surface area contributed by atoms with Gasteiger partial charge in [-0.1, -0.05) is 46.4 Å². The fourth-order valence-corrected chi connectivity index (χ4v) is 7.28. The fourth-order valence-electron chi connectivity index (χ4n) is 1.10. The highest BCUT2D eigenvalue weighted by Crippen LogP contribution is 2.37. The average Bonchev–Trinajstić information content (AvgIpc) is 2.61. The highest BCUT2D eigenvalue weighted by Gasteiger charge is 2.57. The van der Waals surface area contributed by atoms with Gasteiger partial charge in [0.25, 0.3) is 30.1 Å². The van der Waals surface area contributed by atoms with Crippen molar-refractivity contribution in [3.63, 3.8) is 0 Å². The molecule has 0 aliphatic heterocycles. The quantitative estimate of drug-likeness (QED) is 0.0999. The van der Waals surface area contributed by atoms with Crippen molar-refractivity contribution in [2.75, 3.05) is 6.01 Å². The number of hydrogen-bond donors (Lipinski definition) is 3. The summed E-state index contributed by atoms with van der Waals surface area (Å²) in [4.78, 5) is -3.56. The molecule has 212 valence electrons. The van der Waals surface area contributed by atoms with Crippen molar-refractivity contribution in [1.82, 2.24) is 23.4 Å². The largest absolute Gasteiger partial charge is 0.512 e. The Morgan fingerprint density at radius 1 is 0.800 bits per heavy atom. The Morgan fingerprint density at radius 2 is 1.23 bits per heavy atom. The van der Waals surface area contributed by atoms with Gasteiger partial charge in [0, 0.05) is 0 Å². The molecule has 0 rings (SSSR count). The van der Waals surface area contributed by atoms with Gasteiger partial charge in [0.15, 0.2) is 0 Å². The summed E-state index contributed by atoms with van der Waals surface area (Å²) in [6, 6.07) is -2.47. The first-order valence-electron chi connectivity index (χ1n) is 6.80. The molecule has 0 amide bonds. The zero-order valence-corrected chi connectivity index (χ0v) is 22.3. The molecule has 0 aromatic heterocycles. The molecule has 0 saturated carbocycles. The minimum atomic E-state index is -7.14. The van der Waals surface area contributed by atoms with Crippen molar-refractivity contribution >= 4 is 96.5 Å². The molecule has 0 saturated heterocycles. The number of halogens is 10. The van der Waals surface area contributed by atoms with Gasteiger partial charge < -0.3 is 0 Å². The molecule has 0 aromatic carbocycles. The van der Waals surface area contributed by atoms with Gasteiger partial charge in [0.05, 0.1) is 0 Å². The van der Waals surface area contributed by atoms with E-state index in [1.165, 1.54) is 0 Å². The van der Waals surface area contributed by atoms with Crippen LogP contribution < -0.4 is 14.4 Å². The number of nitrogens with zero attached hydrogens (tertiary/aromatic N) is 2. The summed E-state index contributed by atoms with van der Waals surface area (Å²) in [5.74, 6) is -4.73. The molecule has 35 heavy (non-hydrogen) atoms. The van der Waals surface area contributed by atoms with Crippen LogP contribution in [0.25, 0.3) is 0 Å². The molecule has 0 bridgehead atoms. The van der Waals surface area contributed by atoms with Crippen molar-refractivity contribution in [1.29, 1.82) is 0 Å². The van der Waals surface area contributed by atoms with Gasteiger partial charge in [-0.15, -0.1) is 9.66 Å². The third kappa shape index (κ3) is 8.65. The topological polar surface area (TPSA) is 213 Å². The lowest BCUT2D eigenvalue weighted by molar-refractivity contribution is -0.0482. The zero-order valence-electron chi connectivity index (χ0n) is 15.2. The molecule has 0 radical (unpaired) electrons. The average molecular weight is 713 g/mol. The molecule has 1 unspecified atom stereocenters. The van der Waals surface area contributed by atoms with E-state index in [2.05, 4.69) is 0 Å². The standard InChI is InChI=1S/C5H7Cl4F6N5O10S5/c6-2(16-31(21,22)1-10)33(25,26)19(17-32(23,24)3(11)12)20(35(29,30)4(7,8)9)18-34(27,28)5(13,14)15/h2-3,16-18H,1H2. The summed E-state index contributed by atoms with van der Waals surface area (Å²) in [5.41, 5.74) is -6.54. The van der Waals surface area contributed by atoms with Crippen LogP contribution in [0.15, 0.2) is 0 Å². The predicted octanol–water partition coefficient (Wildman–Crippen LogP) is -0.727. The zero-order chi connectivity index (χ0) is 28.6. The number of rotatable bonds is 12. The molecular weight excluding hydrogens is 706 g/mol. The van der Waals surface area contributed by atoms with Crippen LogP contribution in [-0.4, -0.2) is 76.4 Å². The molecule has 0 aliphatic rings. The summed E-state index contributed by atoms with van der Waals surface area (Å²) < 4.78 is 187. The van der Waals surface area contributed by atoms with E-state index in [4.69, 9.17) is 46.4 Å². The molecule has 30 heteroatoms. The summed E-state index contributed by atoms with van der Waals surface area (Å²) in [7, 11) is -32.2. The predicted molar refractivity (Wildman–Crippen MR) is 106 cm³/mol. The molecule has 0 spiro atoms. The van der Waals surface area contributed by atoms with E-state index in [0.29, 0.717) is 4.72 Å². The van der Waals surface area contributed by atoms with Crippen LogP contribution in [0.5, 0.6) is 0 Å². The maximum Gasteiger partial charge on any atom is 0.512 e. The lowest BCUT2D eigenvalue weighted by atomic mass is 11.5. The Labute approximate surface area is 212 Å². The molecule has 15 nitrogen and oxygen atoms in total. The highest BCUT2D eigenvalue weighted by molar-refractivity contribution is 7.98. The highest BCUT2D eigenvalue weighted by atomic mass is 35.6. The second-order valence-electron chi connectivity index (χ2n) is 5.08. The number of alkyl halides is 10. The lowest BCUT2D eigenvalue weighted by Gasteiger charge is -2.34. The SMILES string of the molecule is O=S(=O)(CF)NC(Cl)S(=O)(=O)N(NS(=O)(=O)C(F)F)N(NS(=O)(=O)C(F)(F)F)S(=O)(=O)C(Cl)(Cl)Cl. The van der Waals surface area contributed by atoms with E-state index < -0.39 is 84.4 Å². The Morgan fingerprint density at radius 3 is 1.54 bits per heavy atom. The van der Waals surface area contributed by atoms with Crippen molar-refractivity contribution in [2.24, 2.45) is 0 Å². The van der Waals surface area contributed by atoms with Crippen LogP contribution >= 0.6 is 46.4 Å². The maximum absolute atomic E-state index is 12.8. The molecule has 0 aromatic rings. The van der Waals surface area contributed by atoms with Gasteiger partial charge in [-0.3, -0.25) is 0 Å². The monoisotopic (exact) mass is 711 g/mol. The maximum atomic E-state index is 12.8. The second-order valence-corrected chi connectivity index (χ2v) is 17.4. The van der Waals surface area contributed by atoms with E-state index in [-0.39, 0.29) is 9.66 Å². The van der Waals surface area contributed by atoms with Gasteiger partial charge in [-0.25, -0.2) is 46.5 Å². The van der Waals surface area contributed by atoms with E-state index in [1.807, 2.05) is 0 Å². The molecule has 3 N–H and O–H groups in total. The summed E-state index contributed by atoms with van der Waals surface area (Å²) in [6.45, 7) is 0. The van der Waals surface area contributed by atoms with Crippen molar-refractivity contribution < 1.29 is 68.4 Å². The molecule has 0 heterocycles. The van der Waals surface area contributed by atoms with Gasteiger partial charge in [0.2, 0.25) is 20.9 Å². The molecule has 0 fully saturated rings. The number of nitrogens with one attached hydrogen (secondary N) is 3. The van der Waals surface area contributed by atoms with Gasteiger partial charge in [-0.2, -0.15) is 26.7 Å². The number of hydrazine groups is 3. The van der Waals surface area contributed by atoms with Crippen LogP contribution in [0.2, 0.25) is 0 Å². The minimum Gasteiger partial charge on any atom is -0.232 e. The first-order chi connectivity index (χ1) is 15.1. The smallest absolute Gasteiger partial charge is 0.232 e. The normalized spacial score (nSPS) is 16.3.